The topological polar surface area (TPSA) is 77.8 Å². The third-order valence-electron chi connectivity index (χ3n) is 5.08. The Morgan fingerprint density at radius 1 is 1.14 bits per heavy atom. The van der Waals surface area contributed by atoms with Crippen molar-refractivity contribution >= 4 is 5.78 Å². The van der Waals surface area contributed by atoms with Gasteiger partial charge in [0.15, 0.2) is 17.3 Å². The van der Waals surface area contributed by atoms with Crippen molar-refractivity contribution in [1.82, 2.24) is 0 Å². The molecule has 1 saturated carbocycles. The fourth-order valence-electron chi connectivity index (χ4n) is 3.91. The minimum atomic E-state index is -0.438. The van der Waals surface area contributed by atoms with Gasteiger partial charge in [0.05, 0.1) is 0 Å². The highest BCUT2D eigenvalue weighted by Gasteiger charge is 2.40. The zero-order valence-corrected chi connectivity index (χ0v) is 13.2. The summed E-state index contributed by atoms with van der Waals surface area (Å²) >= 11 is 0. The van der Waals surface area contributed by atoms with Gasteiger partial charge in [-0.1, -0.05) is 27.2 Å². The molecule has 118 valence electrons. The smallest absolute Gasteiger partial charge is 0.227 e. The molecular formula is C18H22O4. The molecule has 0 aromatic heterocycles. The second kappa shape index (κ2) is 5.04. The standard InChI is InChI=1S/C18H22O4/c1-8(2)11-7-12-14(18(22)15(11)19)10-6-4-5-9(3)13(10)17(21)16(12)20/h7-10,19,21-22H,4-6H2,1-3H3/t9-,10?/m1/s1. The van der Waals surface area contributed by atoms with Gasteiger partial charge in [-0.25, -0.2) is 0 Å². The lowest BCUT2D eigenvalue weighted by molar-refractivity contribution is 0.0960. The van der Waals surface area contributed by atoms with Crippen LogP contribution in [0.5, 0.6) is 11.5 Å². The number of fused-ring (bicyclic) bond motifs is 3. The Hall–Kier alpha value is -1.97. The lowest BCUT2D eigenvalue weighted by Gasteiger charge is -2.36. The number of benzene rings is 1. The maximum atomic E-state index is 12.6. The maximum absolute atomic E-state index is 12.6. The quantitative estimate of drug-likeness (QED) is 0.681. The SMILES string of the molecule is CC(C)c1cc2c(c(O)c1O)C1CCC[C@@H](C)C1=C(O)C2=O. The largest absolute Gasteiger partial charge is 0.504 e. The molecule has 1 aromatic rings. The molecule has 0 aliphatic heterocycles. The molecule has 1 fully saturated rings. The number of rotatable bonds is 1. The van der Waals surface area contributed by atoms with Gasteiger partial charge in [0.2, 0.25) is 5.78 Å². The number of ketones is 1. The van der Waals surface area contributed by atoms with E-state index in [-0.39, 0.29) is 35.0 Å². The minimum absolute atomic E-state index is 0.0261. The molecule has 0 bridgehead atoms. The number of Topliss-reactive ketones (excluding diaryl/α,β-unsaturated/α-hetero) is 1. The zero-order valence-electron chi connectivity index (χ0n) is 13.2. The highest BCUT2D eigenvalue weighted by Crippen LogP contribution is 2.52. The first kappa shape index (κ1) is 14.9. The first-order valence-corrected chi connectivity index (χ1v) is 7.91. The number of aliphatic hydroxyl groups excluding tert-OH is 1. The van der Waals surface area contributed by atoms with Gasteiger partial charge in [-0.05, 0) is 36.3 Å². The summed E-state index contributed by atoms with van der Waals surface area (Å²) in [6.45, 7) is 5.77. The van der Waals surface area contributed by atoms with Crippen LogP contribution in [0.15, 0.2) is 17.4 Å². The fourth-order valence-corrected chi connectivity index (χ4v) is 3.91. The minimum Gasteiger partial charge on any atom is -0.504 e. The van der Waals surface area contributed by atoms with Crippen LogP contribution in [0.25, 0.3) is 0 Å². The summed E-state index contributed by atoms with van der Waals surface area (Å²) in [5, 5.41) is 31.2. The Bertz CT molecular complexity index is 685. The first-order valence-electron chi connectivity index (χ1n) is 7.91. The van der Waals surface area contributed by atoms with E-state index in [0.29, 0.717) is 16.7 Å². The van der Waals surface area contributed by atoms with E-state index >= 15 is 0 Å². The molecule has 2 atom stereocenters. The normalized spacial score (nSPS) is 24.5. The fraction of sp³-hybridized carbons (Fsp3) is 0.500. The number of carbonyl (C=O) groups is 1. The van der Waals surface area contributed by atoms with Gasteiger partial charge in [0.1, 0.15) is 0 Å². The van der Waals surface area contributed by atoms with Crippen molar-refractivity contribution in [3.8, 4) is 11.5 Å². The molecule has 22 heavy (non-hydrogen) atoms. The van der Waals surface area contributed by atoms with Crippen molar-refractivity contribution in [1.29, 1.82) is 0 Å². The van der Waals surface area contributed by atoms with Gasteiger partial charge < -0.3 is 15.3 Å². The highest BCUT2D eigenvalue weighted by molar-refractivity contribution is 6.11. The number of allylic oxidation sites excluding steroid dienone is 2. The molecule has 2 aliphatic carbocycles. The molecule has 3 rings (SSSR count). The van der Waals surface area contributed by atoms with E-state index in [1.807, 2.05) is 20.8 Å². The molecule has 1 aromatic carbocycles. The molecule has 0 saturated heterocycles. The number of carbonyl (C=O) groups excluding carboxylic acids is 1. The van der Waals surface area contributed by atoms with E-state index in [2.05, 4.69) is 0 Å². The monoisotopic (exact) mass is 302 g/mol. The van der Waals surface area contributed by atoms with Crippen molar-refractivity contribution in [2.45, 2.75) is 51.9 Å². The molecule has 0 amide bonds. The molecule has 1 unspecified atom stereocenters. The third-order valence-corrected chi connectivity index (χ3v) is 5.08. The van der Waals surface area contributed by atoms with Crippen LogP contribution in [0, 0.1) is 5.92 Å². The first-order chi connectivity index (χ1) is 10.3. The molecule has 0 spiro atoms. The van der Waals surface area contributed by atoms with Crippen molar-refractivity contribution in [2.24, 2.45) is 5.92 Å². The maximum Gasteiger partial charge on any atom is 0.227 e. The summed E-state index contributed by atoms with van der Waals surface area (Å²) in [7, 11) is 0. The van der Waals surface area contributed by atoms with Gasteiger partial charge in [0.25, 0.3) is 0 Å². The Balaban J connectivity index is 2.28. The predicted molar refractivity (Wildman–Crippen MR) is 83.6 cm³/mol. The van der Waals surface area contributed by atoms with Crippen molar-refractivity contribution < 1.29 is 20.1 Å². The van der Waals surface area contributed by atoms with Crippen LogP contribution < -0.4 is 0 Å². The van der Waals surface area contributed by atoms with Crippen LogP contribution in [0.1, 0.15) is 73.4 Å². The summed E-state index contributed by atoms with van der Waals surface area (Å²) in [5.74, 6) is -1.02. The van der Waals surface area contributed by atoms with E-state index in [4.69, 9.17) is 0 Å². The van der Waals surface area contributed by atoms with E-state index in [1.54, 1.807) is 6.07 Å². The van der Waals surface area contributed by atoms with Gasteiger partial charge in [-0.3, -0.25) is 4.79 Å². The predicted octanol–water partition coefficient (Wildman–Crippen LogP) is 4.13. The Morgan fingerprint density at radius 3 is 2.45 bits per heavy atom. The lowest BCUT2D eigenvalue weighted by atomic mass is 9.68. The summed E-state index contributed by atoms with van der Waals surface area (Å²) in [5.41, 5.74) is 2.08. The molecule has 0 heterocycles. The second-order valence-electron chi connectivity index (χ2n) is 6.80. The van der Waals surface area contributed by atoms with Gasteiger partial charge >= 0.3 is 0 Å². The van der Waals surface area contributed by atoms with Crippen LogP contribution in [0.3, 0.4) is 0 Å². The number of aliphatic hydroxyl groups is 1. The number of phenols is 2. The summed E-state index contributed by atoms with van der Waals surface area (Å²) < 4.78 is 0. The van der Waals surface area contributed by atoms with Crippen LogP contribution in [0.4, 0.5) is 0 Å². The van der Waals surface area contributed by atoms with Gasteiger partial charge in [-0.2, -0.15) is 0 Å². The lowest BCUT2D eigenvalue weighted by Crippen LogP contribution is -2.27. The van der Waals surface area contributed by atoms with E-state index in [9.17, 15) is 20.1 Å². The zero-order chi connectivity index (χ0) is 16.2. The average Bonchev–Trinajstić information content (AvgIpc) is 2.47. The van der Waals surface area contributed by atoms with E-state index in [1.165, 1.54) is 0 Å². The molecule has 4 heteroatoms. The molecular weight excluding hydrogens is 280 g/mol. The number of aromatic hydroxyl groups is 2. The van der Waals surface area contributed by atoms with Gasteiger partial charge in [-0.15, -0.1) is 0 Å². The van der Waals surface area contributed by atoms with Crippen LogP contribution in [-0.4, -0.2) is 21.1 Å². The second-order valence-corrected chi connectivity index (χ2v) is 6.80. The number of hydrogen-bond donors (Lipinski definition) is 3. The molecule has 4 nitrogen and oxygen atoms in total. The van der Waals surface area contributed by atoms with Crippen LogP contribution in [0.2, 0.25) is 0 Å². The summed E-state index contributed by atoms with van der Waals surface area (Å²) in [4.78, 5) is 12.6. The van der Waals surface area contributed by atoms with Crippen molar-refractivity contribution in [2.75, 3.05) is 0 Å². The van der Waals surface area contributed by atoms with Crippen LogP contribution in [-0.2, 0) is 0 Å². The van der Waals surface area contributed by atoms with Crippen molar-refractivity contribution in [3.63, 3.8) is 0 Å². The summed E-state index contributed by atoms with van der Waals surface area (Å²) in [6, 6.07) is 1.63. The van der Waals surface area contributed by atoms with Crippen LogP contribution >= 0.6 is 0 Å². The molecule has 0 radical (unpaired) electrons. The molecule has 2 aliphatic rings. The van der Waals surface area contributed by atoms with Gasteiger partial charge in [0, 0.05) is 22.6 Å². The van der Waals surface area contributed by atoms with E-state index < -0.39 is 5.78 Å². The Morgan fingerprint density at radius 2 is 1.82 bits per heavy atom. The van der Waals surface area contributed by atoms with Crippen molar-refractivity contribution in [3.05, 3.63) is 34.1 Å². The highest BCUT2D eigenvalue weighted by atomic mass is 16.3. The Labute approximate surface area is 130 Å². The molecule has 3 N–H and O–H groups in total. The average molecular weight is 302 g/mol. The van der Waals surface area contributed by atoms with E-state index in [0.717, 1.165) is 24.8 Å². The Kier molecular flexibility index (Phi) is 3.42. The third kappa shape index (κ3) is 1.93. The summed E-state index contributed by atoms with van der Waals surface area (Å²) in [6.07, 6.45) is 2.68. The number of hydrogen-bond acceptors (Lipinski definition) is 4. The number of phenolic OH excluding ortho intramolecular Hbond substituents is 2.